The highest BCUT2D eigenvalue weighted by molar-refractivity contribution is 5.11. The molecule has 1 aliphatic heterocycles. The fourth-order valence-electron chi connectivity index (χ4n) is 5.10. The van der Waals surface area contributed by atoms with Crippen LogP contribution in [0.15, 0.2) is 0 Å². The molecular weight excluding hydrogens is 262 g/mol. The van der Waals surface area contributed by atoms with Gasteiger partial charge in [-0.25, -0.2) is 0 Å². The second-order valence-electron chi connectivity index (χ2n) is 8.45. The number of ether oxygens (including phenoxy) is 1. The Hall–Kier alpha value is -0.120. The maximum Gasteiger partial charge on any atom is 0.0900 e. The zero-order chi connectivity index (χ0) is 15.1. The number of aliphatic hydroxyl groups is 1. The largest absolute Gasteiger partial charge is 0.389 e. The lowest BCUT2D eigenvalue weighted by molar-refractivity contribution is -0.0798. The summed E-state index contributed by atoms with van der Waals surface area (Å²) in [5.74, 6) is 0.812. The van der Waals surface area contributed by atoms with Gasteiger partial charge in [0.25, 0.3) is 0 Å². The second-order valence-corrected chi connectivity index (χ2v) is 8.45. The van der Waals surface area contributed by atoms with E-state index in [-0.39, 0.29) is 6.10 Å². The Labute approximate surface area is 130 Å². The molecule has 2 saturated carbocycles. The van der Waals surface area contributed by atoms with Crippen molar-refractivity contribution in [1.29, 1.82) is 0 Å². The van der Waals surface area contributed by atoms with Crippen molar-refractivity contribution in [2.24, 2.45) is 16.7 Å². The molecule has 1 saturated heterocycles. The Kier molecular flexibility index (Phi) is 4.37. The first-order valence-electron chi connectivity index (χ1n) is 8.95. The van der Waals surface area contributed by atoms with Gasteiger partial charge in [0, 0.05) is 6.54 Å². The highest BCUT2D eigenvalue weighted by Gasteiger charge is 2.61. The van der Waals surface area contributed by atoms with Gasteiger partial charge in [-0.05, 0) is 61.9 Å². The molecule has 4 atom stereocenters. The fourth-order valence-corrected chi connectivity index (χ4v) is 5.10. The lowest BCUT2D eigenvalue weighted by Gasteiger charge is -2.39. The maximum absolute atomic E-state index is 10.3. The molecule has 2 aliphatic carbocycles. The van der Waals surface area contributed by atoms with Crippen LogP contribution < -0.4 is 0 Å². The number of aliphatic hydroxyl groups excluding tert-OH is 1. The first-order valence-corrected chi connectivity index (χ1v) is 8.95. The second kappa shape index (κ2) is 5.82. The van der Waals surface area contributed by atoms with Gasteiger partial charge in [0.15, 0.2) is 0 Å². The Bertz CT molecular complexity index is 364. The van der Waals surface area contributed by atoms with Gasteiger partial charge in [0.05, 0.1) is 18.8 Å². The van der Waals surface area contributed by atoms with Gasteiger partial charge < -0.3 is 14.7 Å². The van der Waals surface area contributed by atoms with Gasteiger partial charge in [-0.3, -0.25) is 0 Å². The van der Waals surface area contributed by atoms with Crippen molar-refractivity contribution in [3.05, 3.63) is 0 Å². The molecule has 1 heterocycles. The SMILES string of the molecule is CC1(C)[C@@H]2CC[C@@]1(C)[C@H](OC[C@H](O)CN1CCCCC1)C2. The minimum Gasteiger partial charge on any atom is -0.389 e. The van der Waals surface area contributed by atoms with Crippen molar-refractivity contribution in [2.45, 2.75) is 71.5 Å². The normalized spacial score (nSPS) is 40.6. The number of piperidine rings is 1. The predicted octanol–water partition coefficient (Wildman–Crippen LogP) is 3.06. The summed E-state index contributed by atoms with van der Waals surface area (Å²) in [6.07, 6.45) is 7.78. The Morgan fingerprint density at radius 1 is 1.19 bits per heavy atom. The van der Waals surface area contributed by atoms with E-state index in [0.29, 0.717) is 23.5 Å². The van der Waals surface area contributed by atoms with Crippen molar-refractivity contribution in [2.75, 3.05) is 26.2 Å². The van der Waals surface area contributed by atoms with E-state index in [2.05, 4.69) is 25.7 Å². The van der Waals surface area contributed by atoms with E-state index in [9.17, 15) is 5.11 Å². The molecule has 3 aliphatic rings. The predicted molar refractivity (Wildman–Crippen MR) is 85.3 cm³/mol. The number of hydrogen-bond donors (Lipinski definition) is 1. The molecule has 0 aromatic heterocycles. The molecule has 3 fully saturated rings. The van der Waals surface area contributed by atoms with Crippen LogP contribution >= 0.6 is 0 Å². The Morgan fingerprint density at radius 2 is 1.90 bits per heavy atom. The highest BCUT2D eigenvalue weighted by atomic mass is 16.5. The maximum atomic E-state index is 10.3. The van der Waals surface area contributed by atoms with Crippen LogP contribution in [0.1, 0.15) is 59.3 Å². The summed E-state index contributed by atoms with van der Waals surface area (Å²) in [6, 6.07) is 0. The number of β-amino-alcohol motifs (C(OH)–C–C–N with tert-alkyl or cyclic N) is 1. The fraction of sp³-hybridized carbons (Fsp3) is 1.00. The summed E-state index contributed by atoms with van der Waals surface area (Å²) >= 11 is 0. The van der Waals surface area contributed by atoms with Gasteiger partial charge in [-0.15, -0.1) is 0 Å². The standard InChI is InChI=1S/C18H33NO2/c1-17(2)14-7-8-18(17,3)16(11-14)21-13-15(20)12-19-9-5-4-6-10-19/h14-16,20H,4-13H2,1-3H3/t14-,15-,16-,18+/m1/s1. The van der Waals surface area contributed by atoms with Crippen molar-refractivity contribution >= 4 is 0 Å². The van der Waals surface area contributed by atoms with E-state index < -0.39 is 0 Å². The molecule has 0 radical (unpaired) electrons. The van der Waals surface area contributed by atoms with Crippen molar-refractivity contribution in [3.63, 3.8) is 0 Å². The molecule has 122 valence electrons. The summed E-state index contributed by atoms with van der Waals surface area (Å²) in [4.78, 5) is 2.39. The van der Waals surface area contributed by atoms with Gasteiger partial charge in [0.2, 0.25) is 0 Å². The van der Waals surface area contributed by atoms with E-state index >= 15 is 0 Å². The molecule has 21 heavy (non-hydrogen) atoms. The summed E-state index contributed by atoms with van der Waals surface area (Å²) in [6.45, 7) is 10.8. The minimum absolute atomic E-state index is 0.308. The summed E-state index contributed by atoms with van der Waals surface area (Å²) in [5.41, 5.74) is 0.706. The highest BCUT2D eigenvalue weighted by Crippen LogP contribution is 2.66. The topological polar surface area (TPSA) is 32.7 Å². The average Bonchev–Trinajstić information content (AvgIpc) is 2.79. The third-order valence-electron chi connectivity index (χ3n) is 7.12. The zero-order valence-electron chi connectivity index (χ0n) is 14.1. The van der Waals surface area contributed by atoms with Crippen LogP contribution in [0.5, 0.6) is 0 Å². The molecular formula is C18H33NO2. The van der Waals surface area contributed by atoms with Crippen molar-refractivity contribution in [1.82, 2.24) is 4.90 Å². The summed E-state index contributed by atoms with van der Waals surface area (Å²) in [5, 5.41) is 10.3. The first-order chi connectivity index (χ1) is 9.93. The first kappa shape index (κ1) is 15.8. The Balaban J connectivity index is 1.47. The zero-order valence-corrected chi connectivity index (χ0v) is 14.1. The van der Waals surface area contributed by atoms with Crippen LogP contribution in [-0.4, -0.2) is 48.5 Å². The molecule has 3 rings (SSSR count). The number of rotatable bonds is 5. The number of fused-ring (bicyclic) bond motifs is 2. The van der Waals surface area contributed by atoms with Crippen LogP contribution in [0.25, 0.3) is 0 Å². The monoisotopic (exact) mass is 295 g/mol. The quantitative estimate of drug-likeness (QED) is 0.846. The van der Waals surface area contributed by atoms with E-state index in [0.717, 1.165) is 25.6 Å². The van der Waals surface area contributed by atoms with Crippen LogP contribution in [0, 0.1) is 16.7 Å². The molecule has 0 aromatic rings. The molecule has 0 aromatic carbocycles. The van der Waals surface area contributed by atoms with Crippen LogP contribution in [0.3, 0.4) is 0 Å². The summed E-state index contributed by atoms with van der Waals surface area (Å²) in [7, 11) is 0. The third-order valence-corrected chi connectivity index (χ3v) is 7.12. The van der Waals surface area contributed by atoms with Gasteiger partial charge in [-0.1, -0.05) is 27.2 Å². The molecule has 0 amide bonds. The molecule has 2 bridgehead atoms. The van der Waals surface area contributed by atoms with Crippen LogP contribution in [0.4, 0.5) is 0 Å². The third kappa shape index (κ3) is 2.77. The molecule has 1 N–H and O–H groups in total. The number of hydrogen-bond acceptors (Lipinski definition) is 3. The van der Waals surface area contributed by atoms with Gasteiger partial charge in [-0.2, -0.15) is 0 Å². The van der Waals surface area contributed by atoms with Crippen molar-refractivity contribution in [3.8, 4) is 0 Å². The molecule has 3 nitrogen and oxygen atoms in total. The smallest absolute Gasteiger partial charge is 0.0900 e. The van der Waals surface area contributed by atoms with Gasteiger partial charge >= 0.3 is 0 Å². The molecule has 0 unspecified atom stereocenters. The number of nitrogens with zero attached hydrogens (tertiary/aromatic N) is 1. The van der Waals surface area contributed by atoms with Crippen LogP contribution in [-0.2, 0) is 4.74 Å². The molecule has 0 spiro atoms. The lowest BCUT2D eigenvalue weighted by atomic mass is 9.70. The Morgan fingerprint density at radius 3 is 2.48 bits per heavy atom. The average molecular weight is 295 g/mol. The van der Waals surface area contributed by atoms with E-state index in [1.807, 2.05) is 0 Å². The van der Waals surface area contributed by atoms with E-state index in [4.69, 9.17) is 4.74 Å². The van der Waals surface area contributed by atoms with Gasteiger partial charge in [0.1, 0.15) is 0 Å². The van der Waals surface area contributed by atoms with Crippen LogP contribution in [0.2, 0.25) is 0 Å². The minimum atomic E-state index is -0.325. The van der Waals surface area contributed by atoms with E-state index in [1.165, 1.54) is 38.5 Å². The van der Waals surface area contributed by atoms with Crippen molar-refractivity contribution < 1.29 is 9.84 Å². The molecule has 3 heteroatoms. The van der Waals surface area contributed by atoms with E-state index in [1.54, 1.807) is 0 Å². The summed E-state index contributed by atoms with van der Waals surface area (Å²) < 4.78 is 6.20. The lowest BCUT2D eigenvalue weighted by Crippen LogP contribution is -2.41. The number of likely N-dealkylation sites (tertiary alicyclic amines) is 1.